The summed E-state index contributed by atoms with van der Waals surface area (Å²) in [6.07, 6.45) is 3.45. The van der Waals surface area contributed by atoms with Crippen molar-refractivity contribution in [3.05, 3.63) is 53.7 Å². The van der Waals surface area contributed by atoms with Gasteiger partial charge in [-0.05, 0) is 42.9 Å². The normalized spacial score (nSPS) is 18.3. The molecule has 1 N–H and O–H groups in total. The lowest BCUT2D eigenvalue weighted by atomic mass is 9.92. The van der Waals surface area contributed by atoms with E-state index in [0.717, 1.165) is 31.7 Å². The molecule has 0 aliphatic carbocycles. The molecule has 3 rings (SSSR count). The van der Waals surface area contributed by atoms with Crippen molar-refractivity contribution in [2.75, 3.05) is 25.0 Å². The highest BCUT2D eigenvalue weighted by atomic mass is 16.1. The van der Waals surface area contributed by atoms with Crippen LogP contribution in [0, 0.1) is 0 Å². The Morgan fingerprint density at radius 2 is 1.91 bits per heavy atom. The number of rotatable bonds is 3. The molecule has 0 bridgehead atoms. The second-order valence-corrected chi connectivity index (χ2v) is 5.88. The standard InChI is InChI=1S/C18H22N4O/c1-19-18(23)16-9-10-17(21-20-16)22-12-5-8-15(11-13-22)14-6-3-2-4-7-14/h2-4,6-7,9-10,15H,5,8,11-13H2,1H3,(H,19,23). The first-order chi connectivity index (χ1) is 11.3. The maximum atomic E-state index is 11.5. The van der Waals surface area contributed by atoms with E-state index >= 15 is 0 Å². The van der Waals surface area contributed by atoms with Crippen molar-refractivity contribution in [2.24, 2.45) is 0 Å². The fraction of sp³-hybridized carbons (Fsp3) is 0.389. The van der Waals surface area contributed by atoms with Crippen molar-refractivity contribution in [1.29, 1.82) is 0 Å². The molecule has 1 atom stereocenters. The Morgan fingerprint density at radius 1 is 1.09 bits per heavy atom. The van der Waals surface area contributed by atoms with Crippen LogP contribution in [0.4, 0.5) is 5.82 Å². The van der Waals surface area contributed by atoms with Crippen LogP contribution in [0.15, 0.2) is 42.5 Å². The summed E-state index contributed by atoms with van der Waals surface area (Å²) in [4.78, 5) is 13.8. The molecule has 2 aromatic rings. The Hall–Kier alpha value is -2.43. The number of aromatic nitrogens is 2. The molecule has 0 radical (unpaired) electrons. The minimum Gasteiger partial charge on any atom is -0.355 e. The lowest BCUT2D eigenvalue weighted by Crippen LogP contribution is -2.26. The van der Waals surface area contributed by atoms with Crippen LogP contribution in [-0.4, -0.2) is 36.2 Å². The van der Waals surface area contributed by atoms with Gasteiger partial charge in [-0.15, -0.1) is 10.2 Å². The first kappa shape index (κ1) is 15.5. The first-order valence-corrected chi connectivity index (χ1v) is 8.13. The summed E-state index contributed by atoms with van der Waals surface area (Å²) in [5.41, 5.74) is 1.78. The highest BCUT2D eigenvalue weighted by Crippen LogP contribution is 2.29. The van der Waals surface area contributed by atoms with Gasteiger partial charge in [-0.1, -0.05) is 30.3 Å². The number of amides is 1. The van der Waals surface area contributed by atoms with Crippen LogP contribution in [0.25, 0.3) is 0 Å². The van der Waals surface area contributed by atoms with E-state index < -0.39 is 0 Å². The molecule has 5 heteroatoms. The monoisotopic (exact) mass is 310 g/mol. The highest BCUT2D eigenvalue weighted by molar-refractivity contribution is 5.91. The minimum absolute atomic E-state index is 0.205. The van der Waals surface area contributed by atoms with Crippen molar-refractivity contribution in [3.8, 4) is 0 Å². The third-order valence-corrected chi connectivity index (χ3v) is 4.43. The SMILES string of the molecule is CNC(=O)c1ccc(N2CCCC(c3ccccc3)CC2)nn1. The van der Waals surface area contributed by atoms with E-state index in [0.29, 0.717) is 11.6 Å². The van der Waals surface area contributed by atoms with Crippen molar-refractivity contribution in [1.82, 2.24) is 15.5 Å². The number of carbonyl (C=O) groups excluding carboxylic acids is 1. The van der Waals surface area contributed by atoms with Crippen molar-refractivity contribution < 1.29 is 4.79 Å². The number of hydrogen-bond acceptors (Lipinski definition) is 4. The molecule has 23 heavy (non-hydrogen) atoms. The van der Waals surface area contributed by atoms with Crippen LogP contribution in [0.1, 0.15) is 41.2 Å². The number of hydrogen-bond donors (Lipinski definition) is 1. The van der Waals surface area contributed by atoms with Gasteiger partial charge in [0.05, 0.1) is 0 Å². The number of anilines is 1. The summed E-state index contributed by atoms with van der Waals surface area (Å²) >= 11 is 0. The van der Waals surface area contributed by atoms with E-state index in [1.54, 1.807) is 13.1 Å². The van der Waals surface area contributed by atoms with Crippen LogP contribution in [-0.2, 0) is 0 Å². The molecule has 1 saturated heterocycles. The summed E-state index contributed by atoms with van der Waals surface area (Å²) in [6, 6.07) is 14.4. The number of nitrogens with zero attached hydrogens (tertiary/aromatic N) is 3. The van der Waals surface area contributed by atoms with Gasteiger partial charge in [0, 0.05) is 20.1 Å². The second kappa shape index (κ2) is 7.22. The zero-order valence-corrected chi connectivity index (χ0v) is 13.4. The first-order valence-electron chi connectivity index (χ1n) is 8.13. The van der Waals surface area contributed by atoms with Crippen LogP contribution in [0.2, 0.25) is 0 Å². The zero-order valence-electron chi connectivity index (χ0n) is 13.4. The summed E-state index contributed by atoms with van der Waals surface area (Å²) in [6.45, 7) is 1.95. The highest BCUT2D eigenvalue weighted by Gasteiger charge is 2.19. The lowest BCUT2D eigenvalue weighted by Gasteiger charge is -2.21. The van der Waals surface area contributed by atoms with E-state index in [1.807, 2.05) is 6.07 Å². The van der Waals surface area contributed by atoms with Gasteiger partial charge in [-0.2, -0.15) is 0 Å². The fourth-order valence-electron chi connectivity index (χ4n) is 3.13. The topological polar surface area (TPSA) is 58.1 Å². The van der Waals surface area contributed by atoms with Crippen molar-refractivity contribution in [2.45, 2.75) is 25.2 Å². The molecular formula is C18H22N4O. The quantitative estimate of drug-likeness (QED) is 0.947. The van der Waals surface area contributed by atoms with Crippen molar-refractivity contribution in [3.63, 3.8) is 0 Å². The summed E-state index contributed by atoms with van der Waals surface area (Å²) < 4.78 is 0. The molecule has 1 aliphatic heterocycles. The molecule has 1 aromatic heterocycles. The number of benzene rings is 1. The van der Waals surface area contributed by atoms with Gasteiger partial charge >= 0.3 is 0 Å². The second-order valence-electron chi connectivity index (χ2n) is 5.88. The predicted octanol–water partition coefficient (Wildman–Crippen LogP) is 2.61. The molecule has 1 fully saturated rings. The average Bonchev–Trinajstić information content (AvgIpc) is 2.88. The van der Waals surface area contributed by atoms with E-state index in [2.05, 4.69) is 50.7 Å². The molecule has 5 nitrogen and oxygen atoms in total. The van der Waals surface area contributed by atoms with Crippen LogP contribution in [0.3, 0.4) is 0 Å². The van der Waals surface area contributed by atoms with Gasteiger partial charge in [0.2, 0.25) is 0 Å². The Kier molecular flexibility index (Phi) is 4.86. The smallest absolute Gasteiger partial charge is 0.271 e. The Bertz CT molecular complexity index is 642. The van der Waals surface area contributed by atoms with Crippen LogP contribution < -0.4 is 10.2 Å². The molecular weight excluding hydrogens is 288 g/mol. The van der Waals surface area contributed by atoms with Crippen LogP contribution in [0.5, 0.6) is 0 Å². The van der Waals surface area contributed by atoms with Crippen LogP contribution >= 0.6 is 0 Å². The Morgan fingerprint density at radius 3 is 2.61 bits per heavy atom. The Labute approximate surface area is 136 Å². The molecule has 120 valence electrons. The molecule has 0 saturated carbocycles. The lowest BCUT2D eigenvalue weighted by molar-refractivity contribution is 0.0957. The van der Waals surface area contributed by atoms with E-state index in [9.17, 15) is 4.79 Å². The average molecular weight is 310 g/mol. The van der Waals surface area contributed by atoms with Gasteiger partial charge < -0.3 is 10.2 Å². The maximum Gasteiger partial charge on any atom is 0.271 e. The number of carbonyl (C=O) groups is 1. The van der Waals surface area contributed by atoms with Gasteiger partial charge in [-0.25, -0.2) is 0 Å². The maximum absolute atomic E-state index is 11.5. The molecule has 0 spiro atoms. The summed E-state index contributed by atoms with van der Waals surface area (Å²) in [5.74, 6) is 1.26. The Balaban J connectivity index is 1.67. The molecule has 1 amide bonds. The van der Waals surface area contributed by atoms with Crippen molar-refractivity contribution >= 4 is 11.7 Å². The molecule has 2 heterocycles. The molecule has 1 aromatic carbocycles. The summed E-state index contributed by atoms with van der Waals surface area (Å²) in [7, 11) is 1.59. The predicted molar refractivity (Wildman–Crippen MR) is 90.7 cm³/mol. The van der Waals surface area contributed by atoms with E-state index in [1.165, 1.54) is 12.0 Å². The molecule has 1 unspecified atom stereocenters. The summed E-state index contributed by atoms with van der Waals surface area (Å²) in [5, 5.41) is 10.8. The third-order valence-electron chi connectivity index (χ3n) is 4.43. The van der Waals surface area contributed by atoms with Gasteiger partial charge in [0.25, 0.3) is 5.91 Å². The zero-order chi connectivity index (χ0) is 16.1. The fourth-order valence-corrected chi connectivity index (χ4v) is 3.13. The van der Waals surface area contributed by atoms with Gasteiger partial charge in [0.15, 0.2) is 11.5 Å². The van der Waals surface area contributed by atoms with E-state index in [4.69, 9.17) is 0 Å². The van der Waals surface area contributed by atoms with E-state index in [-0.39, 0.29) is 5.91 Å². The number of nitrogens with one attached hydrogen (secondary N) is 1. The largest absolute Gasteiger partial charge is 0.355 e. The van der Waals surface area contributed by atoms with Gasteiger partial charge in [0.1, 0.15) is 0 Å². The van der Waals surface area contributed by atoms with Gasteiger partial charge in [-0.3, -0.25) is 4.79 Å². The third kappa shape index (κ3) is 3.67. The minimum atomic E-state index is -0.205. The molecule has 1 aliphatic rings.